The molecule has 1 aromatic rings. The van der Waals surface area contributed by atoms with Gasteiger partial charge in [0, 0.05) is 44.9 Å². The highest BCUT2D eigenvalue weighted by atomic mass is 16.6. The number of ether oxygens (including phenoxy) is 1. The fourth-order valence-electron chi connectivity index (χ4n) is 3.00. The molecule has 0 unspecified atom stereocenters. The number of aryl methyl sites for hydroxylation is 1. The molecule has 0 bridgehead atoms. The van der Waals surface area contributed by atoms with Gasteiger partial charge in [-0.05, 0) is 44.8 Å². The zero-order chi connectivity index (χ0) is 19.5. The molecular formula is C19H30N4O4. The van der Waals surface area contributed by atoms with Crippen LogP contribution in [0, 0.1) is 10.1 Å². The molecule has 1 amide bonds. The first kappa shape index (κ1) is 21.1. The molecule has 27 heavy (non-hydrogen) atoms. The molecule has 1 heterocycles. The lowest BCUT2D eigenvalue weighted by Crippen LogP contribution is -2.45. The minimum absolute atomic E-state index is 0.103. The summed E-state index contributed by atoms with van der Waals surface area (Å²) >= 11 is 0. The molecule has 1 saturated heterocycles. The Kier molecular flexibility index (Phi) is 9.00. The Hall–Kier alpha value is -2.19. The van der Waals surface area contributed by atoms with Crippen LogP contribution in [0.1, 0.15) is 24.8 Å². The summed E-state index contributed by atoms with van der Waals surface area (Å²) in [6.07, 6.45) is 3.02. The van der Waals surface area contributed by atoms with Gasteiger partial charge in [-0.2, -0.15) is 0 Å². The van der Waals surface area contributed by atoms with Crippen molar-refractivity contribution in [3.8, 4) is 0 Å². The van der Waals surface area contributed by atoms with Crippen LogP contribution < -0.4 is 5.32 Å². The number of likely N-dealkylation sites (N-methyl/N-ethyl adjacent to an activating group) is 1. The molecule has 1 N–H and O–H groups in total. The van der Waals surface area contributed by atoms with Crippen LogP contribution in [0.3, 0.4) is 0 Å². The normalized spacial score (nSPS) is 15.4. The lowest BCUT2D eigenvalue weighted by molar-refractivity contribution is -0.384. The van der Waals surface area contributed by atoms with Crippen LogP contribution in [0.15, 0.2) is 24.3 Å². The number of amides is 1. The van der Waals surface area contributed by atoms with E-state index in [4.69, 9.17) is 4.74 Å². The largest absolute Gasteiger partial charge is 0.450 e. The topological polar surface area (TPSA) is 88.0 Å². The summed E-state index contributed by atoms with van der Waals surface area (Å²) in [5.74, 6) is 0. The standard InChI is InChI=1S/C19H30N4O4/c1-21-12-14-22(15-13-21)11-4-10-20-19(24)27-16-3-2-5-17-6-8-18(9-7-17)23(25)26/h6-9H,2-5,10-16H2,1H3,(H,20,24). The fourth-order valence-corrected chi connectivity index (χ4v) is 3.00. The second-order valence-electron chi connectivity index (χ2n) is 6.94. The van der Waals surface area contributed by atoms with E-state index in [1.165, 1.54) is 12.1 Å². The molecule has 1 aliphatic rings. The zero-order valence-corrected chi connectivity index (χ0v) is 16.1. The molecule has 8 heteroatoms. The summed E-state index contributed by atoms with van der Waals surface area (Å²) in [7, 11) is 2.14. The van der Waals surface area contributed by atoms with Crippen LogP contribution in [0.4, 0.5) is 10.5 Å². The van der Waals surface area contributed by atoms with Gasteiger partial charge < -0.3 is 19.9 Å². The third-order valence-electron chi connectivity index (χ3n) is 4.76. The van der Waals surface area contributed by atoms with Crippen molar-refractivity contribution in [2.45, 2.75) is 25.7 Å². The summed E-state index contributed by atoms with van der Waals surface area (Å²) in [6.45, 7) is 6.42. The van der Waals surface area contributed by atoms with E-state index in [1.807, 2.05) is 0 Å². The first-order valence-corrected chi connectivity index (χ1v) is 9.59. The van der Waals surface area contributed by atoms with Gasteiger partial charge in [0.2, 0.25) is 0 Å². The van der Waals surface area contributed by atoms with E-state index in [1.54, 1.807) is 12.1 Å². The van der Waals surface area contributed by atoms with Crippen LogP contribution in [0.5, 0.6) is 0 Å². The predicted molar refractivity (Wildman–Crippen MR) is 104 cm³/mol. The number of non-ortho nitro benzene ring substituents is 1. The zero-order valence-electron chi connectivity index (χ0n) is 16.1. The number of hydrogen-bond donors (Lipinski definition) is 1. The lowest BCUT2D eigenvalue weighted by atomic mass is 10.1. The van der Waals surface area contributed by atoms with Crippen molar-refractivity contribution in [2.75, 3.05) is 52.9 Å². The number of rotatable bonds is 10. The number of nitro groups is 1. The van der Waals surface area contributed by atoms with Crippen LogP contribution >= 0.6 is 0 Å². The quantitative estimate of drug-likeness (QED) is 0.382. The number of carbonyl (C=O) groups excluding carboxylic acids is 1. The third kappa shape index (κ3) is 8.36. The lowest BCUT2D eigenvalue weighted by Gasteiger charge is -2.32. The highest BCUT2D eigenvalue weighted by Gasteiger charge is 2.13. The van der Waals surface area contributed by atoms with E-state index < -0.39 is 4.92 Å². The summed E-state index contributed by atoms with van der Waals surface area (Å²) in [5.41, 5.74) is 1.15. The number of unbranched alkanes of at least 4 members (excludes halogenated alkanes) is 1. The molecule has 2 rings (SSSR count). The molecule has 8 nitrogen and oxygen atoms in total. The molecule has 0 saturated carbocycles. The molecule has 0 radical (unpaired) electrons. The van der Waals surface area contributed by atoms with Crippen LogP contribution in [0.25, 0.3) is 0 Å². The minimum Gasteiger partial charge on any atom is -0.450 e. The molecule has 1 aliphatic heterocycles. The first-order chi connectivity index (χ1) is 13.0. The van der Waals surface area contributed by atoms with Gasteiger partial charge in [-0.15, -0.1) is 0 Å². The maximum Gasteiger partial charge on any atom is 0.407 e. The molecule has 1 aromatic carbocycles. The monoisotopic (exact) mass is 378 g/mol. The molecule has 0 aromatic heterocycles. The van der Waals surface area contributed by atoms with E-state index in [-0.39, 0.29) is 11.8 Å². The van der Waals surface area contributed by atoms with Gasteiger partial charge in [-0.3, -0.25) is 10.1 Å². The molecule has 150 valence electrons. The number of alkyl carbamates (subject to hydrolysis) is 1. The van der Waals surface area contributed by atoms with Gasteiger partial charge in [0.25, 0.3) is 5.69 Å². The van der Waals surface area contributed by atoms with Crippen molar-refractivity contribution in [2.24, 2.45) is 0 Å². The summed E-state index contributed by atoms with van der Waals surface area (Å²) < 4.78 is 5.18. The number of nitrogens with one attached hydrogen (secondary N) is 1. The third-order valence-corrected chi connectivity index (χ3v) is 4.76. The van der Waals surface area contributed by atoms with Crippen molar-refractivity contribution in [3.63, 3.8) is 0 Å². The van der Waals surface area contributed by atoms with Gasteiger partial charge in [-0.1, -0.05) is 12.1 Å². The van der Waals surface area contributed by atoms with Crippen molar-refractivity contribution in [3.05, 3.63) is 39.9 Å². The summed E-state index contributed by atoms with van der Waals surface area (Å²) in [6, 6.07) is 6.57. The van der Waals surface area contributed by atoms with E-state index in [0.29, 0.717) is 13.2 Å². The first-order valence-electron chi connectivity index (χ1n) is 9.59. The molecule has 0 aliphatic carbocycles. The molecule has 0 spiro atoms. The van der Waals surface area contributed by atoms with Crippen LogP contribution in [-0.4, -0.2) is 73.7 Å². The van der Waals surface area contributed by atoms with Gasteiger partial charge in [0.05, 0.1) is 11.5 Å². The van der Waals surface area contributed by atoms with Crippen molar-refractivity contribution in [1.82, 2.24) is 15.1 Å². The van der Waals surface area contributed by atoms with E-state index in [9.17, 15) is 14.9 Å². The maximum absolute atomic E-state index is 11.7. The highest BCUT2D eigenvalue weighted by Crippen LogP contribution is 2.13. The Morgan fingerprint density at radius 2 is 1.85 bits per heavy atom. The van der Waals surface area contributed by atoms with E-state index >= 15 is 0 Å². The number of nitro benzene ring substituents is 1. The fraction of sp³-hybridized carbons (Fsp3) is 0.632. The van der Waals surface area contributed by atoms with Gasteiger partial charge in [0.1, 0.15) is 0 Å². The molecule has 1 fully saturated rings. The number of benzene rings is 1. The maximum atomic E-state index is 11.7. The van der Waals surface area contributed by atoms with Gasteiger partial charge in [0.15, 0.2) is 0 Å². The van der Waals surface area contributed by atoms with Crippen molar-refractivity contribution < 1.29 is 14.5 Å². The van der Waals surface area contributed by atoms with E-state index in [2.05, 4.69) is 22.2 Å². The Balaban J connectivity index is 1.45. The minimum atomic E-state index is -0.401. The predicted octanol–water partition coefficient (Wildman–Crippen LogP) is 2.28. The Morgan fingerprint density at radius 3 is 2.52 bits per heavy atom. The van der Waals surface area contributed by atoms with Crippen molar-refractivity contribution in [1.29, 1.82) is 0 Å². The highest BCUT2D eigenvalue weighted by molar-refractivity contribution is 5.66. The second-order valence-corrected chi connectivity index (χ2v) is 6.94. The molecule has 0 atom stereocenters. The summed E-state index contributed by atoms with van der Waals surface area (Å²) in [4.78, 5) is 26.6. The average Bonchev–Trinajstić information content (AvgIpc) is 2.67. The number of hydrogen-bond acceptors (Lipinski definition) is 6. The van der Waals surface area contributed by atoms with Gasteiger partial charge >= 0.3 is 6.09 Å². The van der Waals surface area contributed by atoms with Crippen LogP contribution in [0.2, 0.25) is 0 Å². The summed E-state index contributed by atoms with van der Waals surface area (Å²) in [5, 5.41) is 13.4. The number of carbonyl (C=O) groups is 1. The second kappa shape index (κ2) is 11.5. The van der Waals surface area contributed by atoms with Crippen molar-refractivity contribution >= 4 is 11.8 Å². The van der Waals surface area contributed by atoms with Crippen LogP contribution in [-0.2, 0) is 11.2 Å². The van der Waals surface area contributed by atoms with Gasteiger partial charge in [-0.25, -0.2) is 4.79 Å². The number of nitrogens with zero attached hydrogens (tertiary/aromatic N) is 3. The number of piperazine rings is 1. The SMILES string of the molecule is CN1CCN(CCCNC(=O)OCCCCc2ccc([N+](=O)[O-])cc2)CC1. The smallest absolute Gasteiger partial charge is 0.407 e. The Labute approximate surface area is 160 Å². The average molecular weight is 378 g/mol. The Bertz CT molecular complexity index is 586. The Morgan fingerprint density at radius 1 is 1.15 bits per heavy atom. The van der Waals surface area contributed by atoms with E-state index in [0.717, 1.165) is 64.0 Å². The molecular weight excluding hydrogens is 348 g/mol.